The Labute approximate surface area is 143 Å². The number of ketones is 1. The second kappa shape index (κ2) is 7.57. The Kier molecular flexibility index (Phi) is 5.71. The molecule has 1 aromatic heterocycles. The normalized spacial score (nSPS) is 13.3. The molecule has 0 bridgehead atoms. The van der Waals surface area contributed by atoms with Crippen molar-refractivity contribution in [3.05, 3.63) is 16.0 Å². The fourth-order valence-electron chi connectivity index (χ4n) is 2.12. The van der Waals surface area contributed by atoms with Gasteiger partial charge in [-0.3, -0.25) is 14.4 Å². The van der Waals surface area contributed by atoms with Crippen molar-refractivity contribution in [3.8, 4) is 0 Å². The molecule has 0 radical (unpaired) electrons. The maximum atomic E-state index is 12.1. The highest BCUT2D eigenvalue weighted by atomic mass is 32.1. The van der Waals surface area contributed by atoms with Crippen molar-refractivity contribution in [2.24, 2.45) is 5.92 Å². The Balaban J connectivity index is 2.13. The molecule has 8 heteroatoms. The maximum Gasteiger partial charge on any atom is 0.341 e. The first-order valence-corrected chi connectivity index (χ1v) is 8.44. The molecule has 0 saturated heterocycles. The Morgan fingerprint density at radius 2 is 1.88 bits per heavy atom. The summed E-state index contributed by atoms with van der Waals surface area (Å²) in [6.07, 6.45) is 1.58. The van der Waals surface area contributed by atoms with E-state index >= 15 is 0 Å². The van der Waals surface area contributed by atoms with E-state index in [0.29, 0.717) is 10.4 Å². The molecule has 2 rings (SSSR count). The van der Waals surface area contributed by atoms with Gasteiger partial charge in [0, 0.05) is 0 Å². The standard InChI is InChI=1S/C16H19NO6S/c1-4-22-16(21)12-8(2)13(9(3)18)24-14(12)17-11(19)7-23-15(20)10-5-6-10/h10H,4-7H2,1-3H3,(H,17,19). The van der Waals surface area contributed by atoms with Gasteiger partial charge in [-0.25, -0.2) is 4.79 Å². The predicted octanol–water partition coefficient (Wildman–Crippen LogP) is 2.33. The van der Waals surface area contributed by atoms with Gasteiger partial charge >= 0.3 is 11.9 Å². The summed E-state index contributed by atoms with van der Waals surface area (Å²) in [5.41, 5.74) is 0.630. The number of amides is 1. The molecule has 130 valence electrons. The largest absolute Gasteiger partial charge is 0.462 e. The van der Waals surface area contributed by atoms with Gasteiger partial charge in [0.1, 0.15) is 5.00 Å². The first kappa shape index (κ1) is 18.1. The van der Waals surface area contributed by atoms with Gasteiger partial charge in [0.25, 0.3) is 5.91 Å². The number of rotatable bonds is 7. The summed E-state index contributed by atoms with van der Waals surface area (Å²) >= 11 is 1.01. The van der Waals surface area contributed by atoms with Gasteiger partial charge in [0.15, 0.2) is 12.4 Å². The summed E-state index contributed by atoms with van der Waals surface area (Å²) in [6, 6.07) is 0. The van der Waals surface area contributed by atoms with Crippen LogP contribution in [0.1, 0.15) is 52.3 Å². The second-order valence-corrected chi connectivity index (χ2v) is 6.49. The highest BCUT2D eigenvalue weighted by molar-refractivity contribution is 7.18. The average molecular weight is 353 g/mol. The number of hydrogen-bond acceptors (Lipinski definition) is 7. The van der Waals surface area contributed by atoms with Crippen LogP contribution in [0.4, 0.5) is 5.00 Å². The van der Waals surface area contributed by atoms with E-state index in [1.165, 1.54) is 6.92 Å². The topological polar surface area (TPSA) is 98.8 Å². The molecule has 1 saturated carbocycles. The van der Waals surface area contributed by atoms with E-state index in [4.69, 9.17) is 9.47 Å². The number of hydrogen-bond donors (Lipinski definition) is 1. The van der Waals surface area contributed by atoms with Crippen LogP contribution in [0.5, 0.6) is 0 Å². The first-order valence-electron chi connectivity index (χ1n) is 7.63. The van der Waals surface area contributed by atoms with Crippen LogP contribution >= 0.6 is 11.3 Å². The van der Waals surface area contributed by atoms with Crippen LogP contribution in [0, 0.1) is 12.8 Å². The minimum Gasteiger partial charge on any atom is -0.462 e. The molecule has 1 fully saturated rings. The highest BCUT2D eigenvalue weighted by Gasteiger charge is 2.32. The molecule has 1 N–H and O–H groups in total. The summed E-state index contributed by atoms with van der Waals surface area (Å²) in [5.74, 6) is -1.86. The van der Waals surface area contributed by atoms with Gasteiger partial charge in [-0.2, -0.15) is 0 Å². The molecule has 0 spiro atoms. The first-order chi connectivity index (χ1) is 11.3. The smallest absolute Gasteiger partial charge is 0.341 e. The van der Waals surface area contributed by atoms with E-state index in [-0.39, 0.29) is 34.8 Å². The Hall–Kier alpha value is -2.22. The Morgan fingerprint density at radius 1 is 1.21 bits per heavy atom. The highest BCUT2D eigenvalue weighted by Crippen LogP contribution is 2.34. The van der Waals surface area contributed by atoms with Gasteiger partial charge in [0.05, 0.1) is 23.0 Å². The summed E-state index contributed by atoms with van der Waals surface area (Å²) < 4.78 is 9.88. The molecule has 24 heavy (non-hydrogen) atoms. The van der Waals surface area contributed by atoms with E-state index in [0.717, 1.165) is 24.2 Å². The molecule has 0 aliphatic heterocycles. The predicted molar refractivity (Wildman–Crippen MR) is 87.3 cm³/mol. The van der Waals surface area contributed by atoms with Crippen molar-refractivity contribution >= 4 is 40.0 Å². The van der Waals surface area contributed by atoms with E-state index in [1.54, 1.807) is 13.8 Å². The number of nitrogens with one attached hydrogen (secondary N) is 1. The lowest BCUT2D eigenvalue weighted by Gasteiger charge is -2.07. The van der Waals surface area contributed by atoms with Gasteiger partial charge < -0.3 is 14.8 Å². The zero-order chi connectivity index (χ0) is 17.9. The van der Waals surface area contributed by atoms with Crippen LogP contribution in [0.2, 0.25) is 0 Å². The Morgan fingerprint density at radius 3 is 2.42 bits per heavy atom. The molecule has 1 amide bonds. The van der Waals surface area contributed by atoms with Crippen molar-refractivity contribution in [2.45, 2.75) is 33.6 Å². The van der Waals surface area contributed by atoms with E-state index in [2.05, 4.69) is 5.32 Å². The van der Waals surface area contributed by atoms with Crippen LogP contribution in [-0.2, 0) is 19.1 Å². The lowest BCUT2D eigenvalue weighted by molar-refractivity contribution is -0.148. The van der Waals surface area contributed by atoms with Crippen LogP contribution < -0.4 is 5.32 Å². The van der Waals surface area contributed by atoms with E-state index < -0.39 is 18.5 Å². The summed E-state index contributed by atoms with van der Waals surface area (Å²) in [4.78, 5) is 47.6. The number of anilines is 1. The molecule has 1 aromatic rings. The lowest BCUT2D eigenvalue weighted by Crippen LogP contribution is -2.22. The van der Waals surface area contributed by atoms with Crippen LogP contribution in [0.15, 0.2) is 0 Å². The van der Waals surface area contributed by atoms with Gasteiger partial charge in [-0.15, -0.1) is 11.3 Å². The monoisotopic (exact) mass is 353 g/mol. The van der Waals surface area contributed by atoms with Crippen molar-refractivity contribution in [1.82, 2.24) is 0 Å². The van der Waals surface area contributed by atoms with Crippen molar-refractivity contribution in [2.75, 3.05) is 18.5 Å². The van der Waals surface area contributed by atoms with Gasteiger partial charge in [-0.05, 0) is 39.2 Å². The second-order valence-electron chi connectivity index (χ2n) is 5.47. The van der Waals surface area contributed by atoms with Gasteiger partial charge in [-0.1, -0.05) is 0 Å². The molecule has 1 aliphatic carbocycles. The minimum absolute atomic E-state index is 0.0961. The molecule has 7 nitrogen and oxygen atoms in total. The van der Waals surface area contributed by atoms with Crippen molar-refractivity contribution in [1.29, 1.82) is 0 Å². The molecular formula is C16H19NO6S. The minimum atomic E-state index is -0.607. The lowest BCUT2D eigenvalue weighted by atomic mass is 10.1. The van der Waals surface area contributed by atoms with Crippen molar-refractivity contribution in [3.63, 3.8) is 0 Å². The fourth-order valence-corrected chi connectivity index (χ4v) is 3.23. The molecule has 0 atom stereocenters. The summed E-state index contributed by atoms with van der Waals surface area (Å²) in [7, 11) is 0. The SMILES string of the molecule is CCOC(=O)c1c(NC(=O)COC(=O)C2CC2)sc(C(C)=O)c1C. The van der Waals surface area contributed by atoms with Crippen molar-refractivity contribution < 1.29 is 28.7 Å². The van der Waals surface area contributed by atoms with Crippen LogP contribution in [0.25, 0.3) is 0 Å². The van der Waals surface area contributed by atoms with E-state index in [9.17, 15) is 19.2 Å². The number of Topliss-reactive ketones (excluding diaryl/α,β-unsaturated/α-hetero) is 1. The summed E-state index contributed by atoms with van der Waals surface area (Å²) in [5, 5.41) is 2.76. The number of esters is 2. The quantitative estimate of drug-likeness (QED) is 0.597. The molecule has 1 aliphatic rings. The van der Waals surface area contributed by atoms with Crippen LogP contribution in [-0.4, -0.2) is 36.8 Å². The third-order valence-corrected chi connectivity index (χ3v) is 4.76. The molecular weight excluding hydrogens is 334 g/mol. The number of thiophene rings is 1. The Bertz CT molecular complexity index is 689. The third-order valence-electron chi connectivity index (χ3n) is 3.46. The maximum absolute atomic E-state index is 12.1. The van der Waals surface area contributed by atoms with Gasteiger partial charge in [0.2, 0.25) is 0 Å². The average Bonchev–Trinajstić information content (AvgIpc) is 3.30. The number of carbonyl (C=O) groups is 4. The molecule has 0 aromatic carbocycles. The summed E-state index contributed by atoms with van der Waals surface area (Å²) in [6.45, 7) is 4.43. The zero-order valence-corrected chi connectivity index (χ0v) is 14.6. The van der Waals surface area contributed by atoms with E-state index in [1.807, 2.05) is 0 Å². The third kappa shape index (κ3) is 4.19. The van der Waals surface area contributed by atoms with Crippen LogP contribution in [0.3, 0.4) is 0 Å². The number of carbonyl (C=O) groups excluding carboxylic acids is 4. The number of ether oxygens (including phenoxy) is 2. The fraction of sp³-hybridized carbons (Fsp3) is 0.500. The zero-order valence-electron chi connectivity index (χ0n) is 13.8. The molecule has 1 heterocycles. The molecule has 0 unspecified atom stereocenters.